The molecule has 0 spiro atoms. The monoisotopic (exact) mass is 386 g/mol. The lowest BCUT2D eigenvalue weighted by molar-refractivity contribution is -0.125. The number of alkyl halides is 2. The Labute approximate surface area is 162 Å². The van der Waals surface area contributed by atoms with E-state index in [-0.39, 0.29) is 17.4 Å². The first-order valence-corrected chi connectivity index (χ1v) is 8.56. The topological polar surface area (TPSA) is 62.6 Å². The van der Waals surface area contributed by atoms with Gasteiger partial charge in [-0.3, -0.25) is 4.79 Å². The molecule has 2 aromatic carbocycles. The van der Waals surface area contributed by atoms with Gasteiger partial charge in [-0.25, -0.2) is 0 Å². The van der Waals surface area contributed by atoms with Gasteiger partial charge in [0.05, 0.1) is 18.2 Å². The average molecular weight is 386 g/mol. The minimum Gasteiger partial charge on any atom is -0.490 e. The molecule has 0 radical (unpaired) electrons. The molecule has 0 saturated heterocycles. The number of rotatable bonds is 8. The predicted octanol–water partition coefficient (Wildman–Crippen LogP) is 4.23. The fraction of sp³-hybridized carbons (Fsp3) is 0.238. The number of carbonyl (C=O) groups is 1. The number of likely N-dealkylation sites (N-methyl/N-ethyl adjacent to an activating group) is 1. The zero-order chi connectivity index (χ0) is 20.5. The molecule has 5 nitrogen and oxygen atoms in total. The molecule has 0 aromatic heterocycles. The predicted molar refractivity (Wildman–Crippen MR) is 101 cm³/mol. The first-order chi connectivity index (χ1) is 13.4. The van der Waals surface area contributed by atoms with E-state index in [1.54, 1.807) is 50.4 Å². The molecule has 0 saturated carbocycles. The number of nitriles is 1. The Morgan fingerprint density at radius 1 is 1.21 bits per heavy atom. The summed E-state index contributed by atoms with van der Waals surface area (Å²) in [6.07, 6.45) is 2.97. The lowest BCUT2D eigenvalue weighted by Gasteiger charge is -2.15. The van der Waals surface area contributed by atoms with Crippen molar-refractivity contribution in [1.82, 2.24) is 4.90 Å². The summed E-state index contributed by atoms with van der Waals surface area (Å²) < 4.78 is 34.6. The molecule has 7 heteroatoms. The highest BCUT2D eigenvalue weighted by atomic mass is 19.3. The summed E-state index contributed by atoms with van der Waals surface area (Å²) in [4.78, 5) is 13.8. The van der Waals surface area contributed by atoms with Gasteiger partial charge in [0.1, 0.15) is 0 Å². The molecule has 0 N–H and O–H groups in total. The van der Waals surface area contributed by atoms with Gasteiger partial charge in [0.25, 0.3) is 0 Å². The number of carbonyl (C=O) groups excluding carboxylic acids is 1. The normalized spacial score (nSPS) is 10.7. The molecule has 0 atom stereocenters. The van der Waals surface area contributed by atoms with Crippen LogP contribution in [-0.4, -0.2) is 31.1 Å². The third-order valence-electron chi connectivity index (χ3n) is 3.78. The summed E-state index contributed by atoms with van der Waals surface area (Å²) >= 11 is 0. The first kappa shape index (κ1) is 20.9. The molecule has 0 bridgehead atoms. The fourth-order valence-corrected chi connectivity index (χ4v) is 2.42. The van der Waals surface area contributed by atoms with E-state index in [2.05, 4.69) is 4.74 Å². The molecule has 0 fully saturated rings. The summed E-state index contributed by atoms with van der Waals surface area (Å²) in [6, 6.07) is 13.5. The van der Waals surface area contributed by atoms with Crippen LogP contribution in [0.1, 0.15) is 23.6 Å². The number of hydrogen-bond donors (Lipinski definition) is 0. The van der Waals surface area contributed by atoms with E-state index < -0.39 is 6.61 Å². The number of halogens is 2. The van der Waals surface area contributed by atoms with Crippen molar-refractivity contribution in [1.29, 1.82) is 5.26 Å². The number of benzene rings is 2. The molecule has 0 unspecified atom stereocenters. The number of hydrogen-bond acceptors (Lipinski definition) is 4. The summed E-state index contributed by atoms with van der Waals surface area (Å²) in [5.74, 6) is -0.100. The number of ether oxygens (including phenoxy) is 2. The molecule has 28 heavy (non-hydrogen) atoms. The molecular weight excluding hydrogens is 366 g/mol. The van der Waals surface area contributed by atoms with Crippen molar-refractivity contribution in [3.05, 3.63) is 65.2 Å². The summed E-state index contributed by atoms with van der Waals surface area (Å²) in [5.41, 5.74) is 2.07. The summed E-state index contributed by atoms with van der Waals surface area (Å²) in [6.45, 7) is -0.534. The minimum absolute atomic E-state index is 0.0572. The largest absolute Gasteiger partial charge is 0.490 e. The van der Waals surface area contributed by atoms with Crippen molar-refractivity contribution in [3.8, 4) is 17.6 Å². The first-order valence-electron chi connectivity index (χ1n) is 8.56. The van der Waals surface area contributed by atoms with Crippen LogP contribution in [0.4, 0.5) is 8.78 Å². The van der Waals surface area contributed by atoms with E-state index >= 15 is 0 Å². The maximum atomic E-state index is 12.4. The zero-order valence-electron chi connectivity index (χ0n) is 15.6. The van der Waals surface area contributed by atoms with Crippen molar-refractivity contribution in [2.75, 3.05) is 13.7 Å². The van der Waals surface area contributed by atoms with Gasteiger partial charge in [-0.15, -0.1) is 0 Å². The van der Waals surface area contributed by atoms with Crippen LogP contribution in [0.5, 0.6) is 11.5 Å². The molecule has 0 aliphatic heterocycles. The Bertz CT molecular complexity index is 874. The van der Waals surface area contributed by atoms with Crippen molar-refractivity contribution < 1.29 is 23.0 Å². The smallest absolute Gasteiger partial charge is 0.387 e. The lowest BCUT2D eigenvalue weighted by Crippen LogP contribution is -2.24. The van der Waals surface area contributed by atoms with Gasteiger partial charge >= 0.3 is 6.61 Å². The Morgan fingerprint density at radius 3 is 2.54 bits per heavy atom. The molecule has 2 aromatic rings. The van der Waals surface area contributed by atoms with Crippen molar-refractivity contribution in [2.45, 2.75) is 20.1 Å². The summed E-state index contributed by atoms with van der Waals surface area (Å²) in [7, 11) is 1.66. The Morgan fingerprint density at radius 2 is 1.93 bits per heavy atom. The van der Waals surface area contributed by atoms with Gasteiger partial charge < -0.3 is 14.4 Å². The third kappa shape index (κ3) is 6.09. The second-order valence-electron chi connectivity index (χ2n) is 5.85. The van der Waals surface area contributed by atoms with Crippen LogP contribution in [0, 0.1) is 11.3 Å². The fourth-order valence-electron chi connectivity index (χ4n) is 2.42. The van der Waals surface area contributed by atoms with Crippen LogP contribution in [0.2, 0.25) is 0 Å². The number of amides is 1. The van der Waals surface area contributed by atoms with Crippen molar-refractivity contribution in [3.63, 3.8) is 0 Å². The molecule has 0 aliphatic rings. The second-order valence-corrected chi connectivity index (χ2v) is 5.85. The zero-order valence-corrected chi connectivity index (χ0v) is 15.6. The van der Waals surface area contributed by atoms with Crippen LogP contribution in [0.15, 0.2) is 48.5 Å². The Balaban J connectivity index is 2.05. The highest BCUT2D eigenvalue weighted by Gasteiger charge is 2.11. The van der Waals surface area contributed by atoms with E-state index in [0.29, 0.717) is 24.3 Å². The van der Waals surface area contributed by atoms with Gasteiger partial charge in [-0.2, -0.15) is 14.0 Å². The van der Waals surface area contributed by atoms with Crippen molar-refractivity contribution >= 4 is 12.0 Å². The molecule has 0 heterocycles. The number of nitrogens with zero attached hydrogens (tertiary/aromatic N) is 2. The Kier molecular flexibility index (Phi) is 7.52. The van der Waals surface area contributed by atoms with Crippen LogP contribution in [0.3, 0.4) is 0 Å². The highest BCUT2D eigenvalue weighted by Crippen LogP contribution is 2.30. The van der Waals surface area contributed by atoms with Gasteiger partial charge in [-0.05, 0) is 48.4 Å². The minimum atomic E-state index is -2.95. The van der Waals surface area contributed by atoms with Gasteiger partial charge in [0.15, 0.2) is 11.5 Å². The molecular formula is C21H20F2N2O3. The maximum Gasteiger partial charge on any atom is 0.387 e. The molecule has 0 aliphatic carbocycles. The standard InChI is InChI=1S/C21H20F2N2O3/c1-3-27-19-12-15(8-10-18(19)28-21(22)23)9-11-20(26)25(2)14-17-6-4-16(13-24)5-7-17/h4-12,21H,3,14H2,1-2H3/b11-9+. The second kappa shape index (κ2) is 10.1. The highest BCUT2D eigenvalue weighted by molar-refractivity contribution is 5.91. The van der Waals surface area contributed by atoms with E-state index in [1.165, 1.54) is 23.1 Å². The summed E-state index contributed by atoms with van der Waals surface area (Å²) in [5, 5.41) is 8.81. The SMILES string of the molecule is CCOc1cc(/C=C/C(=O)N(C)Cc2ccc(C#N)cc2)ccc1OC(F)F. The molecule has 1 amide bonds. The van der Waals surface area contributed by atoms with Crippen LogP contribution in [0.25, 0.3) is 6.08 Å². The average Bonchev–Trinajstić information content (AvgIpc) is 2.68. The van der Waals surface area contributed by atoms with Crippen molar-refractivity contribution in [2.24, 2.45) is 0 Å². The lowest BCUT2D eigenvalue weighted by atomic mass is 10.1. The quantitative estimate of drug-likeness (QED) is 0.637. The van der Waals surface area contributed by atoms with Crippen LogP contribution < -0.4 is 9.47 Å². The molecule has 2 rings (SSSR count). The Hall–Kier alpha value is -3.40. The maximum absolute atomic E-state index is 12.4. The van der Waals surface area contributed by atoms with E-state index in [9.17, 15) is 13.6 Å². The van der Waals surface area contributed by atoms with Gasteiger partial charge in [0, 0.05) is 19.7 Å². The van der Waals surface area contributed by atoms with E-state index in [0.717, 1.165) is 5.56 Å². The molecule has 146 valence electrons. The van der Waals surface area contributed by atoms with E-state index in [1.807, 2.05) is 6.07 Å². The van der Waals surface area contributed by atoms with Gasteiger partial charge in [0.2, 0.25) is 5.91 Å². The van der Waals surface area contributed by atoms with Crippen LogP contribution >= 0.6 is 0 Å². The third-order valence-corrected chi connectivity index (χ3v) is 3.78. The van der Waals surface area contributed by atoms with Crippen LogP contribution in [-0.2, 0) is 11.3 Å². The van der Waals surface area contributed by atoms with E-state index in [4.69, 9.17) is 10.00 Å². The van der Waals surface area contributed by atoms with Gasteiger partial charge in [-0.1, -0.05) is 18.2 Å².